The standard InChI is InChI=1S/C16H22N2O6/c1-22-10-9-17-16(21)18-14(19)11-24-15(20)8-5-12-3-6-13(23-2)7-4-12/h3-4,6-7H,5,8-11H2,1-2H3,(H2,17,18,19,21). The van der Waals surface area contributed by atoms with Crippen LogP contribution >= 0.6 is 0 Å². The van der Waals surface area contributed by atoms with Crippen molar-refractivity contribution in [2.45, 2.75) is 12.8 Å². The first-order valence-corrected chi connectivity index (χ1v) is 7.40. The molecule has 8 heteroatoms. The zero-order chi connectivity index (χ0) is 17.8. The minimum atomic E-state index is -0.692. The van der Waals surface area contributed by atoms with Crippen LogP contribution < -0.4 is 15.4 Å². The zero-order valence-electron chi connectivity index (χ0n) is 13.8. The van der Waals surface area contributed by atoms with Gasteiger partial charge in [-0.25, -0.2) is 4.79 Å². The van der Waals surface area contributed by atoms with Gasteiger partial charge in [0.2, 0.25) is 0 Å². The van der Waals surface area contributed by atoms with Crippen molar-refractivity contribution in [2.75, 3.05) is 34.0 Å². The summed E-state index contributed by atoms with van der Waals surface area (Å²) in [5.41, 5.74) is 0.953. The van der Waals surface area contributed by atoms with Crippen LogP contribution in [0.3, 0.4) is 0 Å². The molecule has 0 aliphatic carbocycles. The monoisotopic (exact) mass is 338 g/mol. The summed E-state index contributed by atoms with van der Waals surface area (Å²) in [7, 11) is 3.07. The van der Waals surface area contributed by atoms with Gasteiger partial charge in [0, 0.05) is 20.1 Å². The first kappa shape index (κ1) is 19.4. The molecule has 1 aromatic rings. The van der Waals surface area contributed by atoms with Gasteiger partial charge in [-0.1, -0.05) is 12.1 Å². The van der Waals surface area contributed by atoms with Gasteiger partial charge in [-0.05, 0) is 24.1 Å². The van der Waals surface area contributed by atoms with Crippen molar-refractivity contribution in [2.24, 2.45) is 0 Å². The molecule has 1 aromatic carbocycles. The molecule has 0 atom stereocenters. The summed E-state index contributed by atoms with van der Waals surface area (Å²) in [6.07, 6.45) is 0.627. The molecular weight excluding hydrogens is 316 g/mol. The van der Waals surface area contributed by atoms with Gasteiger partial charge in [0.1, 0.15) is 5.75 Å². The first-order valence-electron chi connectivity index (χ1n) is 7.40. The Morgan fingerprint density at radius 1 is 1.08 bits per heavy atom. The number of nitrogens with one attached hydrogen (secondary N) is 2. The largest absolute Gasteiger partial charge is 0.497 e. The molecule has 0 fully saturated rings. The Kier molecular flexibility index (Phi) is 8.91. The summed E-state index contributed by atoms with van der Waals surface area (Å²) in [5.74, 6) is -0.467. The third-order valence-corrected chi connectivity index (χ3v) is 2.99. The number of hydrogen-bond acceptors (Lipinski definition) is 6. The second kappa shape index (κ2) is 11.0. The van der Waals surface area contributed by atoms with Gasteiger partial charge in [-0.2, -0.15) is 0 Å². The fourth-order valence-corrected chi connectivity index (χ4v) is 1.73. The zero-order valence-corrected chi connectivity index (χ0v) is 13.8. The Morgan fingerprint density at radius 2 is 1.79 bits per heavy atom. The molecule has 0 bridgehead atoms. The molecule has 2 N–H and O–H groups in total. The molecule has 0 saturated heterocycles. The molecule has 132 valence electrons. The molecule has 0 aliphatic heterocycles. The maximum Gasteiger partial charge on any atom is 0.321 e. The third kappa shape index (κ3) is 8.14. The lowest BCUT2D eigenvalue weighted by Crippen LogP contribution is -2.42. The van der Waals surface area contributed by atoms with E-state index in [9.17, 15) is 14.4 Å². The van der Waals surface area contributed by atoms with Crippen LogP contribution in [0.4, 0.5) is 4.79 Å². The van der Waals surface area contributed by atoms with E-state index in [2.05, 4.69) is 5.32 Å². The number of aryl methyl sites for hydroxylation is 1. The summed E-state index contributed by atoms with van der Waals surface area (Å²) in [6.45, 7) is 0.109. The van der Waals surface area contributed by atoms with Crippen molar-refractivity contribution >= 4 is 17.9 Å². The van der Waals surface area contributed by atoms with Crippen molar-refractivity contribution in [3.05, 3.63) is 29.8 Å². The van der Waals surface area contributed by atoms with E-state index in [1.54, 1.807) is 19.2 Å². The molecule has 3 amide bonds. The first-order chi connectivity index (χ1) is 11.5. The number of ether oxygens (including phenoxy) is 3. The SMILES string of the molecule is COCCNC(=O)NC(=O)COC(=O)CCc1ccc(OC)cc1. The van der Waals surface area contributed by atoms with E-state index in [4.69, 9.17) is 14.2 Å². The summed E-state index contributed by atoms with van der Waals surface area (Å²) in [5, 5.41) is 4.46. The van der Waals surface area contributed by atoms with E-state index >= 15 is 0 Å². The normalized spacial score (nSPS) is 9.92. The van der Waals surface area contributed by atoms with Gasteiger partial charge in [0.15, 0.2) is 6.61 Å². The molecule has 24 heavy (non-hydrogen) atoms. The average Bonchev–Trinajstić information content (AvgIpc) is 2.58. The Balaban J connectivity index is 2.20. The Bertz CT molecular complexity index is 544. The molecule has 0 heterocycles. The molecule has 0 aromatic heterocycles. The van der Waals surface area contributed by atoms with Crippen LogP contribution in [-0.4, -0.2) is 51.9 Å². The molecule has 8 nitrogen and oxygen atoms in total. The predicted octanol–water partition coefficient (Wildman–Crippen LogP) is 0.643. The van der Waals surface area contributed by atoms with E-state index in [1.165, 1.54) is 7.11 Å². The fourth-order valence-electron chi connectivity index (χ4n) is 1.73. The van der Waals surface area contributed by atoms with Gasteiger partial charge >= 0.3 is 12.0 Å². The Hall–Kier alpha value is -2.61. The number of hydrogen-bond donors (Lipinski definition) is 2. The average molecular weight is 338 g/mol. The van der Waals surface area contributed by atoms with Gasteiger partial charge < -0.3 is 19.5 Å². The second-order valence-electron chi connectivity index (χ2n) is 4.81. The van der Waals surface area contributed by atoms with Crippen molar-refractivity contribution in [1.82, 2.24) is 10.6 Å². The van der Waals surface area contributed by atoms with Gasteiger partial charge in [0.25, 0.3) is 5.91 Å². The maximum atomic E-state index is 11.6. The van der Waals surface area contributed by atoms with Crippen molar-refractivity contribution in [3.63, 3.8) is 0 Å². The van der Waals surface area contributed by atoms with Crippen molar-refractivity contribution < 1.29 is 28.6 Å². The fraction of sp³-hybridized carbons (Fsp3) is 0.438. The topological polar surface area (TPSA) is 103 Å². The summed E-state index contributed by atoms with van der Waals surface area (Å²) < 4.78 is 14.6. The van der Waals surface area contributed by atoms with Crippen LogP contribution in [0.25, 0.3) is 0 Å². The van der Waals surface area contributed by atoms with E-state index in [-0.39, 0.29) is 13.0 Å². The van der Waals surface area contributed by atoms with Crippen LogP contribution in [0.2, 0.25) is 0 Å². The molecular formula is C16H22N2O6. The van der Waals surface area contributed by atoms with E-state index in [1.807, 2.05) is 17.4 Å². The third-order valence-electron chi connectivity index (χ3n) is 2.99. The quantitative estimate of drug-likeness (QED) is 0.506. The molecule has 0 aliphatic rings. The number of benzene rings is 1. The molecule has 0 unspecified atom stereocenters. The number of carbonyl (C=O) groups excluding carboxylic acids is 3. The van der Waals surface area contributed by atoms with Gasteiger partial charge in [0.05, 0.1) is 13.7 Å². The number of imide groups is 1. The minimum Gasteiger partial charge on any atom is -0.497 e. The highest BCUT2D eigenvalue weighted by Gasteiger charge is 2.10. The maximum absolute atomic E-state index is 11.6. The lowest BCUT2D eigenvalue weighted by molar-refractivity contribution is -0.148. The van der Waals surface area contributed by atoms with Crippen LogP contribution in [-0.2, 0) is 25.5 Å². The summed E-state index contributed by atoms with van der Waals surface area (Å²) in [6, 6.07) is 6.64. The van der Waals surface area contributed by atoms with Crippen molar-refractivity contribution in [3.8, 4) is 5.75 Å². The lowest BCUT2D eigenvalue weighted by atomic mass is 10.1. The highest BCUT2D eigenvalue weighted by atomic mass is 16.5. The van der Waals surface area contributed by atoms with Gasteiger partial charge in [-0.15, -0.1) is 0 Å². The number of urea groups is 1. The summed E-state index contributed by atoms with van der Waals surface area (Å²) >= 11 is 0. The highest BCUT2D eigenvalue weighted by Crippen LogP contribution is 2.12. The lowest BCUT2D eigenvalue weighted by Gasteiger charge is -2.07. The molecule has 0 saturated carbocycles. The van der Waals surface area contributed by atoms with E-state index in [0.717, 1.165) is 11.3 Å². The summed E-state index contributed by atoms with van der Waals surface area (Å²) in [4.78, 5) is 34.3. The minimum absolute atomic E-state index is 0.139. The number of rotatable bonds is 9. The van der Waals surface area contributed by atoms with E-state index < -0.39 is 24.5 Å². The number of amides is 3. The molecule has 0 radical (unpaired) electrons. The molecule has 0 spiro atoms. The number of methoxy groups -OCH3 is 2. The Morgan fingerprint density at radius 3 is 2.42 bits per heavy atom. The van der Waals surface area contributed by atoms with E-state index in [0.29, 0.717) is 13.0 Å². The van der Waals surface area contributed by atoms with Crippen molar-refractivity contribution in [1.29, 1.82) is 0 Å². The van der Waals surface area contributed by atoms with Crippen LogP contribution in [0, 0.1) is 0 Å². The van der Waals surface area contributed by atoms with Gasteiger partial charge in [-0.3, -0.25) is 14.9 Å². The molecule has 1 rings (SSSR count). The Labute approximate surface area is 140 Å². The van der Waals surface area contributed by atoms with Crippen LogP contribution in [0.1, 0.15) is 12.0 Å². The smallest absolute Gasteiger partial charge is 0.321 e. The highest BCUT2D eigenvalue weighted by molar-refractivity contribution is 5.95. The number of carbonyl (C=O) groups is 3. The predicted molar refractivity (Wildman–Crippen MR) is 85.7 cm³/mol. The van der Waals surface area contributed by atoms with Crippen LogP contribution in [0.15, 0.2) is 24.3 Å². The second-order valence-corrected chi connectivity index (χ2v) is 4.81. The van der Waals surface area contributed by atoms with Crippen LogP contribution in [0.5, 0.6) is 5.75 Å². The number of esters is 1.